The van der Waals surface area contributed by atoms with Crippen LogP contribution in [0.2, 0.25) is 0 Å². The Kier molecular flexibility index (Phi) is 4.54. The number of aliphatic carboxylic acids is 1. The van der Waals surface area contributed by atoms with E-state index in [1.807, 2.05) is 20.8 Å². The molecule has 0 fully saturated rings. The number of hydrogen-bond donors (Lipinski definition) is 3. The summed E-state index contributed by atoms with van der Waals surface area (Å²) in [7, 11) is 0. The summed E-state index contributed by atoms with van der Waals surface area (Å²) in [5.41, 5.74) is 2.37. The van der Waals surface area contributed by atoms with E-state index in [4.69, 9.17) is 5.11 Å². The number of nitrogens with zero attached hydrogens (tertiary/aromatic N) is 1. The van der Waals surface area contributed by atoms with E-state index in [1.165, 1.54) is 0 Å². The lowest BCUT2D eigenvalue weighted by Gasteiger charge is -2.14. The van der Waals surface area contributed by atoms with Gasteiger partial charge in [-0.2, -0.15) is 5.10 Å². The van der Waals surface area contributed by atoms with Gasteiger partial charge in [0.2, 0.25) is 0 Å². The van der Waals surface area contributed by atoms with E-state index in [1.54, 1.807) is 37.3 Å². The van der Waals surface area contributed by atoms with Gasteiger partial charge in [-0.3, -0.25) is 14.7 Å². The Morgan fingerprint density at radius 2 is 1.83 bits per heavy atom. The van der Waals surface area contributed by atoms with E-state index in [-0.39, 0.29) is 11.3 Å². The zero-order valence-corrected chi connectivity index (χ0v) is 13.7. The monoisotopic (exact) mass is 315 g/mol. The molecular formula is C17H21N3O3. The molecule has 6 nitrogen and oxygen atoms in total. The Morgan fingerprint density at radius 3 is 2.30 bits per heavy atom. The molecule has 3 N–H and O–H groups in total. The van der Waals surface area contributed by atoms with Crippen LogP contribution in [0.4, 0.5) is 5.69 Å². The second-order valence-corrected chi connectivity index (χ2v) is 6.55. The van der Waals surface area contributed by atoms with Gasteiger partial charge in [0.15, 0.2) is 5.69 Å². The second-order valence-electron chi connectivity index (χ2n) is 6.55. The van der Waals surface area contributed by atoms with E-state index < -0.39 is 11.9 Å². The van der Waals surface area contributed by atoms with Gasteiger partial charge in [-0.05, 0) is 30.7 Å². The smallest absolute Gasteiger partial charge is 0.310 e. The van der Waals surface area contributed by atoms with E-state index >= 15 is 0 Å². The maximum atomic E-state index is 12.2. The van der Waals surface area contributed by atoms with Crippen molar-refractivity contribution in [3.63, 3.8) is 0 Å². The minimum atomic E-state index is -0.881. The van der Waals surface area contributed by atoms with Gasteiger partial charge in [0.1, 0.15) is 0 Å². The molecular weight excluding hydrogens is 294 g/mol. The quantitative estimate of drug-likeness (QED) is 0.807. The number of carbonyl (C=O) groups excluding carboxylic acids is 1. The highest BCUT2D eigenvalue weighted by atomic mass is 16.4. The average molecular weight is 315 g/mol. The van der Waals surface area contributed by atoms with Crippen LogP contribution in [-0.4, -0.2) is 27.2 Å². The molecule has 0 aliphatic rings. The molecule has 1 unspecified atom stereocenters. The Labute approximate surface area is 134 Å². The van der Waals surface area contributed by atoms with Gasteiger partial charge < -0.3 is 10.4 Å². The van der Waals surface area contributed by atoms with Crippen molar-refractivity contribution < 1.29 is 14.7 Å². The third kappa shape index (κ3) is 3.97. The molecule has 0 saturated heterocycles. The van der Waals surface area contributed by atoms with Crippen molar-refractivity contribution in [2.24, 2.45) is 0 Å². The van der Waals surface area contributed by atoms with Crippen LogP contribution in [0.3, 0.4) is 0 Å². The van der Waals surface area contributed by atoms with Crippen LogP contribution in [0.15, 0.2) is 30.3 Å². The standard InChI is InChI=1S/C17H21N3O3/c1-10(16(22)23)11-5-7-12(8-6-11)18-15(21)13-9-14(20-19-13)17(2,3)4/h5-10H,1-4H3,(H,18,21)(H,19,20)(H,22,23). The molecule has 1 aromatic carbocycles. The predicted octanol–water partition coefficient (Wildman–Crippen LogP) is 3.15. The van der Waals surface area contributed by atoms with Crippen molar-refractivity contribution in [1.29, 1.82) is 0 Å². The topological polar surface area (TPSA) is 95.1 Å². The number of rotatable bonds is 4. The fourth-order valence-corrected chi connectivity index (χ4v) is 2.02. The van der Waals surface area contributed by atoms with E-state index in [2.05, 4.69) is 15.5 Å². The van der Waals surface area contributed by atoms with Crippen molar-refractivity contribution in [2.75, 3.05) is 5.32 Å². The van der Waals surface area contributed by atoms with Gasteiger partial charge in [0, 0.05) is 16.8 Å². The van der Waals surface area contributed by atoms with Crippen LogP contribution >= 0.6 is 0 Å². The molecule has 2 rings (SSSR count). The number of carbonyl (C=O) groups is 2. The molecule has 1 heterocycles. The lowest BCUT2D eigenvalue weighted by atomic mass is 9.92. The van der Waals surface area contributed by atoms with Crippen LogP contribution < -0.4 is 5.32 Å². The Bertz CT molecular complexity index is 711. The fraction of sp³-hybridized carbons (Fsp3) is 0.353. The number of benzene rings is 1. The predicted molar refractivity (Wildman–Crippen MR) is 87.7 cm³/mol. The maximum absolute atomic E-state index is 12.2. The molecule has 0 bridgehead atoms. The molecule has 23 heavy (non-hydrogen) atoms. The third-order valence-electron chi connectivity index (χ3n) is 3.66. The summed E-state index contributed by atoms with van der Waals surface area (Å²) >= 11 is 0. The van der Waals surface area contributed by atoms with Gasteiger partial charge in [0.25, 0.3) is 5.91 Å². The highest BCUT2D eigenvalue weighted by Gasteiger charge is 2.19. The van der Waals surface area contributed by atoms with Crippen molar-refractivity contribution in [2.45, 2.75) is 39.0 Å². The first-order valence-corrected chi connectivity index (χ1v) is 7.38. The molecule has 1 amide bonds. The van der Waals surface area contributed by atoms with Crippen molar-refractivity contribution in [3.8, 4) is 0 Å². The third-order valence-corrected chi connectivity index (χ3v) is 3.66. The van der Waals surface area contributed by atoms with E-state index in [0.717, 1.165) is 5.69 Å². The normalized spacial score (nSPS) is 12.7. The van der Waals surface area contributed by atoms with Crippen LogP contribution in [0.5, 0.6) is 0 Å². The van der Waals surface area contributed by atoms with Crippen LogP contribution in [0.25, 0.3) is 0 Å². The lowest BCUT2D eigenvalue weighted by Crippen LogP contribution is -2.13. The number of H-pyrrole nitrogens is 1. The zero-order valence-electron chi connectivity index (χ0n) is 13.7. The summed E-state index contributed by atoms with van der Waals surface area (Å²) in [6, 6.07) is 8.49. The molecule has 0 radical (unpaired) electrons. The first-order chi connectivity index (χ1) is 10.7. The highest BCUT2D eigenvalue weighted by molar-refractivity contribution is 6.02. The number of hydrogen-bond acceptors (Lipinski definition) is 3. The number of nitrogens with one attached hydrogen (secondary N) is 2. The lowest BCUT2D eigenvalue weighted by molar-refractivity contribution is -0.138. The fourth-order valence-electron chi connectivity index (χ4n) is 2.02. The Morgan fingerprint density at radius 1 is 1.22 bits per heavy atom. The number of aromatic nitrogens is 2. The zero-order chi connectivity index (χ0) is 17.2. The summed E-state index contributed by atoms with van der Waals surface area (Å²) in [5.74, 6) is -1.77. The molecule has 0 aliphatic heterocycles. The second kappa shape index (κ2) is 6.24. The molecule has 0 saturated carbocycles. The first-order valence-electron chi connectivity index (χ1n) is 7.38. The summed E-state index contributed by atoms with van der Waals surface area (Å²) in [6.07, 6.45) is 0. The molecule has 0 aliphatic carbocycles. The number of carboxylic acids is 1. The van der Waals surface area contributed by atoms with Gasteiger partial charge in [-0.15, -0.1) is 0 Å². The van der Waals surface area contributed by atoms with Gasteiger partial charge in [0.05, 0.1) is 5.92 Å². The largest absolute Gasteiger partial charge is 0.481 e. The molecule has 2 aromatic rings. The summed E-state index contributed by atoms with van der Waals surface area (Å²) in [6.45, 7) is 7.72. The van der Waals surface area contributed by atoms with E-state index in [9.17, 15) is 9.59 Å². The first kappa shape index (κ1) is 16.7. The van der Waals surface area contributed by atoms with E-state index in [0.29, 0.717) is 16.9 Å². The number of carboxylic acid groups (broad SMARTS) is 1. The Hall–Kier alpha value is -2.63. The SMILES string of the molecule is CC(C(=O)O)c1ccc(NC(=O)c2cc(C(C)(C)C)[nH]n2)cc1. The highest BCUT2D eigenvalue weighted by Crippen LogP contribution is 2.21. The molecule has 1 atom stereocenters. The summed E-state index contributed by atoms with van der Waals surface area (Å²) in [5, 5.41) is 18.6. The average Bonchev–Trinajstić information content (AvgIpc) is 2.97. The molecule has 122 valence electrons. The van der Waals surface area contributed by atoms with Crippen LogP contribution in [0, 0.1) is 0 Å². The van der Waals surface area contributed by atoms with Crippen molar-refractivity contribution >= 4 is 17.6 Å². The molecule has 6 heteroatoms. The summed E-state index contributed by atoms with van der Waals surface area (Å²) in [4.78, 5) is 23.1. The Balaban J connectivity index is 2.08. The number of amides is 1. The summed E-state index contributed by atoms with van der Waals surface area (Å²) < 4.78 is 0. The van der Waals surface area contributed by atoms with Crippen molar-refractivity contribution in [3.05, 3.63) is 47.3 Å². The van der Waals surface area contributed by atoms with Crippen molar-refractivity contribution in [1.82, 2.24) is 10.2 Å². The molecule has 1 aromatic heterocycles. The maximum Gasteiger partial charge on any atom is 0.310 e. The van der Waals surface area contributed by atoms with Gasteiger partial charge >= 0.3 is 5.97 Å². The van der Waals surface area contributed by atoms with Crippen LogP contribution in [-0.2, 0) is 10.2 Å². The van der Waals surface area contributed by atoms with Gasteiger partial charge in [-0.1, -0.05) is 32.9 Å². The minimum absolute atomic E-state index is 0.111. The van der Waals surface area contributed by atoms with Gasteiger partial charge in [-0.25, -0.2) is 0 Å². The molecule has 0 spiro atoms. The number of aromatic amines is 1. The number of anilines is 1. The minimum Gasteiger partial charge on any atom is -0.481 e. The van der Waals surface area contributed by atoms with Crippen LogP contribution in [0.1, 0.15) is 55.4 Å².